The highest BCUT2D eigenvalue weighted by Crippen LogP contribution is 2.28. The van der Waals surface area contributed by atoms with Crippen LogP contribution in [0, 0.1) is 0 Å². The highest BCUT2D eigenvalue weighted by atomic mass is 16.5. The number of carbonyl (C=O) groups excluding carboxylic acids is 1. The van der Waals surface area contributed by atoms with Crippen LogP contribution in [0.15, 0.2) is 72.8 Å². The molecule has 3 N–H and O–H groups in total. The van der Waals surface area contributed by atoms with Crippen molar-refractivity contribution >= 4 is 17.3 Å². The Morgan fingerprint density at radius 3 is 2.30 bits per heavy atom. The fraction of sp³-hybridized carbons (Fsp3) is 0.174. The summed E-state index contributed by atoms with van der Waals surface area (Å²) in [6, 6.07) is 22.5. The van der Waals surface area contributed by atoms with Crippen LogP contribution in [0.2, 0.25) is 0 Å². The van der Waals surface area contributed by atoms with E-state index in [0.717, 1.165) is 17.0 Å². The summed E-state index contributed by atoms with van der Waals surface area (Å²) >= 11 is 0. The molecule has 3 aromatic carbocycles. The maximum Gasteiger partial charge on any atom is 0.262 e. The normalized spacial score (nSPS) is 10.2. The topological polar surface area (TPSA) is 80.9 Å². The predicted octanol–water partition coefficient (Wildman–Crippen LogP) is 3.84. The average molecular weight is 407 g/mol. The Labute approximate surface area is 175 Å². The molecule has 0 saturated carbocycles. The molecule has 30 heavy (non-hydrogen) atoms. The van der Waals surface area contributed by atoms with Gasteiger partial charge in [0.25, 0.3) is 5.91 Å². The second-order valence-electron chi connectivity index (χ2n) is 6.40. The van der Waals surface area contributed by atoms with Crippen molar-refractivity contribution in [3.8, 4) is 17.2 Å². The van der Waals surface area contributed by atoms with Gasteiger partial charge in [-0.1, -0.05) is 24.3 Å². The second-order valence-corrected chi connectivity index (χ2v) is 6.40. The summed E-state index contributed by atoms with van der Waals surface area (Å²) in [7, 11) is 3.16. The van der Waals surface area contributed by atoms with Gasteiger partial charge in [0.05, 0.1) is 14.2 Å². The van der Waals surface area contributed by atoms with Gasteiger partial charge < -0.3 is 25.0 Å². The first-order valence-electron chi connectivity index (χ1n) is 9.45. The number of hydrazine groups is 1. The number of ether oxygens (including phenoxy) is 3. The molecule has 0 radical (unpaired) electrons. The monoisotopic (exact) mass is 407 g/mol. The van der Waals surface area contributed by atoms with E-state index in [2.05, 4.69) is 16.2 Å². The quantitative estimate of drug-likeness (QED) is 0.443. The lowest BCUT2D eigenvalue weighted by Crippen LogP contribution is -2.21. The molecule has 0 atom stereocenters. The lowest BCUT2D eigenvalue weighted by atomic mass is 10.2. The second kappa shape index (κ2) is 10.7. The lowest BCUT2D eigenvalue weighted by molar-refractivity contribution is -0.118. The van der Waals surface area contributed by atoms with Gasteiger partial charge in [0.2, 0.25) is 0 Å². The van der Waals surface area contributed by atoms with Crippen molar-refractivity contribution in [2.24, 2.45) is 0 Å². The van der Waals surface area contributed by atoms with Crippen LogP contribution in [0.25, 0.3) is 0 Å². The number of rotatable bonds is 10. The molecular formula is C23H25N3O4. The molecule has 0 aliphatic heterocycles. The Morgan fingerprint density at radius 1 is 0.833 bits per heavy atom. The van der Waals surface area contributed by atoms with Gasteiger partial charge in [-0.15, -0.1) is 0 Å². The van der Waals surface area contributed by atoms with Gasteiger partial charge in [-0.2, -0.15) is 0 Å². The molecule has 0 fully saturated rings. The summed E-state index contributed by atoms with van der Waals surface area (Å²) in [6.07, 6.45) is 0. The fourth-order valence-electron chi connectivity index (χ4n) is 2.73. The molecule has 0 aliphatic rings. The van der Waals surface area contributed by atoms with Crippen molar-refractivity contribution in [2.45, 2.75) is 6.54 Å². The standard InChI is InChI=1S/C23H25N3O4/c1-28-20-11-9-18(10-12-20)25-23(27)16-30-21-13-8-17(14-22(21)29-2)15-24-26-19-6-4-3-5-7-19/h3-14,24,26H,15-16H2,1-2H3,(H,25,27). The predicted molar refractivity (Wildman–Crippen MR) is 117 cm³/mol. The third-order valence-electron chi connectivity index (χ3n) is 4.26. The molecule has 0 aromatic heterocycles. The zero-order chi connectivity index (χ0) is 21.2. The minimum absolute atomic E-state index is 0.129. The molecule has 3 aromatic rings. The van der Waals surface area contributed by atoms with E-state index in [1.165, 1.54) is 0 Å². The number of nitrogens with one attached hydrogen (secondary N) is 3. The van der Waals surface area contributed by atoms with Gasteiger partial charge in [0, 0.05) is 17.9 Å². The van der Waals surface area contributed by atoms with Crippen LogP contribution in [0.5, 0.6) is 17.2 Å². The zero-order valence-electron chi connectivity index (χ0n) is 17.0. The summed E-state index contributed by atoms with van der Waals surface area (Å²) in [6.45, 7) is 0.457. The van der Waals surface area contributed by atoms with Crippen molar-refractivity contribution < 1.29 is 19.0 Å². The van der Waals surface area contributed by atoms with E-state index in [0.29, 0.717) is 23.7 Å². The first kappa shape index (κ1) is 21.0. The summed E-state index contributed by atoms with van der Waals surface area (Å²) in [5.74, 6) is 1.52. The van der Waals surface area contributed by atoms with Gasteiger partial charge in [0.1, 0.15) is 5.75 Å². The minimum atomic E-state index is -0.264. The Balaban J connectivity index is 1.50. The molecule has 7 heteroatoms. The first-order valence-corrected chi connectivity index (χ1v) is 9.45. The SMILES string of the molecule is COc1ccc(NC(=O)COc2ccc(CNNc3ccccc3)cc2OC)cc1. The molecule has 0 bridgehead atoms. The maximum absolute atomic E-state index is 12.2. The summed E-state index contributed by atoms with van der Waals surface area (Å²) in [5, 5.41) is 2.78. The number of benzene rings is 3. The van der Waals surface area contributed by atoms with Crippen LogP contribution in [0.1, 0.15) is 5.56 Å². The summed E-state index contributed by atoms with van der Waals surface area (Å²) in [5.41, 5.74) is 8.94. The lowest BCUT2D eigenvalue weighted by Gasteiger charge is -2.13. The minimum Gasteiger partial charge on any atom is -0.497 e. The van der Waals surface area contributed by atoms with Gasteiger partial charge in [-0.05, 0) is 54.1 Å². The third kappa shape index (κ3) is 6.15. The van der Waals surface area contributed by atoms with Crippen molar-refractivity contribution in [1.82, 2.24) is 5.43 Å². The van der Waals surface area contributed by atoms with E-state index in [1.807, 2.05) is 42.5 Å². The number of carbonyl (C=O) groups is 1. The number of methoxy groups -OCH3 is 2. The largest absolute Gasteiger partial charge is 0.497 e. The molecular weight excluding hydrogens is 382 g/mol. The highest BCUT2D eigenvalue weighted by Gasteiger charge is 2.09. The number of hydrogen-bond acceptors (Lipinski definition) is 6. The fourth-order valence-corrected chi connectivity index (χ4v) is 2.73. The Bertz CT molecular complexity index is 946. The molecule has 7 nitrogen and oxygen atoms in total. The van der Waals surface area contributed by atoms with Crippen LogP contribution in [0.4, 0.5) is 11.4 Å². The van der Waals surface area contributed by atoms with Crippen LogP contribution in [0.3, 0.4) is 0 Å². The van der Waals surface area contributed by atoms with Crippen LogP contribution >= 0.6 is 0 Å². The molecule has 0 heterocycles. The first-order chi connectivity index (χ1) is 14.7. The van der Waals surface area contributed by atoms with Crippen LogP contribution in [-0.2, 0) is 11.3 Å². The van der Waals surface area contributed by atoms with Crippen molar-refractivity contribution in [2.75, 3.05) is 31.6 Å². The molecule has 0 spiro atoms. The van der Waals surface area contributed by atoms with Gasteiger partial charge in [-0.3, -0.25) is 4.79 Å². The van der Waals surface area contributed by atoms with E-state index < -0.39 is 0 Å². The van der Waals surface area contributed by atoms with Gasteiger partial charge in [-0.25, -0.2) is 5.43 Å². The van der Waals surface area contributed by atoms with E-state index in [1.54, 1.807) is 44.6 Å². The van der Waals surface area contributed by atoms with Crippen molar-refractivity contribution in [3.05, 3.63) is 78.4 Å². The van der Waals surface area contributed by atoms with Crippen molar-refractivity contribution in [1.29, 1.82) is 0 Å². The maximum atomic E-state index is 12.2. The van der Waals surface area contributed by atoms with E-state index in [4.69, 9.17) is 14.2 Å². The molecule has 0 unspecified atom stereocenters. The number of anilines is 2. The molecule has 0 aliphatic carbocycles. The van der Waals surface area contributed by atoms with Gasteiger partial charge in [0.15, 0.2) is 18.1 Å². The van der Waals surface area contributed by atoms with E-state index >= 15 is 0 Å². The molecule has 1 amide bonds. The van der Waals surface area contributed by atoms with Crippen LogP contribution in [-0.4, -0.2) is 26.7 Å². The van der Waals surface area contributed by atoms with Crippen molar-refractivity contribution in [3.63, 3.8) is 0 Å². The number of amides is 1. The molecule has 0 saturated heterocycles. The van der Waals surface area contributed by atoms with Gasteiger partial charge >= 0.3 is 0 Å². The highest BCUT2D eigenvalue weighted by molar-refractivity contribution is 5.91. The zero-order valence-corrected chi connectivity index (χ0v) is 17.0. The average Bonchev–Trinajstić information content (AvgIpc) is 2.79. The Hall–Kier alpha value is -3.71. The van der Waals surface area contributed by atoms with Crippen LogP contribution < -0.4 is 30.4 Å². The molecule has 156 valence electrons. The number of hydrogen-bond donors (Lipinski definition) is 3. The van der Waals surface area contributed by atoms with E-state index in [9.17, 15) is 4.79 Å². The Kier molecular flexibility index (Phi) is 7.51. The third-order valence-corrected chi connectivity index (χ3v) is 4.26. The molecule has 3 rings (SSSR count). The number of para-hydroxylation sites is 1. The Morgan fingerprint density at radius 2 is 1.60 bits per heavy atom. The smallest absolute Gasteiger partial charge is 0.262 e. The van der Waals surface area contributed by atoms with E-state index in [-0.39, 0.29) is 12.5 Å². The summed E-state index contributed by atoms with van der Waals surface area (Å²) in [4.78, 5) is 12.2. The summed E-state index contributed by atoms with van der Waals surface area (Å²) < 4.78 is 16.1.